The van der Waals surface area contributed by atoms with Gasteiger partial charge in [-0.2, -0.15) is 0 Å². The smallest absolute Gasteiger partial charge is 0.339 e. The molecule has 0 atom stereocenters. The van der Waals surface area contributed by atoms with Gasteiger partial charge in [0.2, 0.25) is 0 Å². The van der Waals surface area contributed by atoms with Gasteiger partial charge in [-0.1, -0.05) is 24.9 Å². The van der Waals surface area contributed by atoms with E-state index in [0.717, 1.165) is 6.42 Å². The van der Waals surface area contributed by atoms with Crippen molar-refractivity contribution in [3.63, 3.8) is 0 Å². The minimum atomic E-state index is -0.481. The maximum absolute atomic E-state index is 12.8. The number of ether oxygens (including phenoxy) is 1. The Morgan fingerprint density at radius 1 is 1.25 bits per heavy atom. The molecule has 2 rings (SSSR count). The largest absolute Gasteiger partial charge is 0.465 e. The summed E-state index contributed by atoms with van der Waals surface area (Å²) in [5.41, 5.74) is 2.68. The van der Waals surface area contributed by atoms with Crippen molar-refractivity contribution in [3.8, 4) is 0 Å². The van der Waals surface area contributed by atoms with E-state index in [1.165, 1.54) is 18.1 Å². The number of rotatable bonds is 6. The van der Waals surface area contributed by atoms with E-state index in [1.54, 1.807) is 33.2 Å². The predicted octanol–water partition coefficient (Wildman–Crippen LogP) is 3.67. The third-order valence-corrected chi connectivity index (χ3v) is 4.58. The number of hydrogen-bond donors (Lipinski definition) is 2. The molecule has 28 heavy (non-hydrogen) atoms. The number of methoxy groups -OCH3 is 1. The van der Waals surface area contributed by atoms with E-state index in [-0.39, 0.29) is 10.9 Å². The molecule has 1 aromatic heterocycles. The van der Waals surface area contributed by atoms with Crippen LogP contribution in [0.5, 0.6) is 0 Å². The van der Waals surface area contributed by atoms with E-state index in [4.69, 9.17) is 16.3 Å². The molecule has 1 heterocycles. The van der Waals surface area contributed by atoms with Crippen molar-refractivity contribution in [2.24, 2.45) is 0 Å². The number of aryl methyl sites for hydroxylation is 1. The van der Waals surface area contributed by atoms with Gasteiger partial charge in [-0.15, -0.1) is 0 Å². The number of nitrogens with one attached hydrogen (secondary N) is 2. The highest BCUT2D eigenvalue weighted by atomic mass is 35.5. The second-order valence-corrected chi connectivity index (χ2v) is 6.98. The lowest BCUT2D eigenvalue weighted by Gasteiger charge is -2.13. The molecule has 0 saturated carbocycles. The highest BCUT2D eigenvalue weighted by molar-refractivity contribution is 6.34. The minimum absolute atomic E-state index is 0.226. The van der Waals surface area contributed by atoms with Crippen molar-refractivity contribution < 1.29 is 19.1 Å². The molecule has 0 aliphatic heterocycles. The molecular formula is C20H24ClN3O4. The van der Waals surface area contributed by atoms with Crippen LogP contribution in [0, 0.1) is 6.92 Å². The summed E-state index contributed by atoms with van der Waals surface area (Å²) in [7, 11) is 4.58. The number of esters is 1. The van der Waals surface area contributed by atoms with Gasteiger partial charge < -0.3 is 19.9 Å². The van der Waals surface area contributed by atoms with E-state index in [0.29, 0.717) is 40.2 Å². The van der Waals surface area contributed by atoms with Crippen LogP contribution >= 0.6 is 11.6 Å². The summed E-state index contributed by atoms with van der Waals surface area (Å²) < 4.78 is 4.84. The van der Waals surface area contributed by atoms with Crippen LogP contribution in [-0.2, 0) is 11.2 Å². The Morgan fingerprint density at radius 3 is 2.46 bits per heavy atom. The number of carbonyl (C=O) groups is 3. The summed E-state index contributed by atoms with van der Waals surface area (Å²) >= 11 is 6.20. The Morgan fingerprint density at radius 2 is 1.93 bits per heavy atom. The summed E-state index contributed by atoms with van der Waals surface area (Å²) in [6, 6.07) is 4.69. The second kappa shape index (κ2) is 8.93. The molecule has 2 aromatic rings. The Kier molecular flexibility index (Phi) is 6.85. The monoisotopic (exact) mass is 405 g/mol. The molecule has 0 radical (unpaired) electrons. The first-order valence-corrected chi connectivity index (χ1v) is 9.21. The fourth-order valence-electron chi connectivity index (χ4n) is 2.95. The van der Waals surface area contributed by atoms with Gasteiger partial charge in [0.15, 0.2) is 0 Å². The fraction of sp³-hybridized carbons (Fsp3) is 0.350. The van der Waals surface area contributed by atoms with Gasteiger partial charge in [0.25, 0.3) is 11.8 Å². The first-order chi connectivity index (χ1) is 13.2. The zero-order valence-electron chi connectivity index (χ0n) is 16.6. The SMILES string of the molecule is CCCc1c(C(=O)Nc2ccc(C(=O)N(C)C)c(Cl)c2)[nH]c(C)c1C(=O)OC. The number of aromatic nitrogens is 1. The second-order valence-electron chi connectivity index (χ2n) is 6.57. The lowest BCUT2D eigenvalue weighted by atomic mass is 10.0. The molecule has 2 amide bonds. The third-order valence-electron chi connectivity index (χ3n) is 4.27. The summed E-state index contributed by atoms with van der Waals surface area (Å²) in [6.45, 7) is 3.69. The van der Waals surface area contributed by atoms with Crippen LogP contribution in [0.15, 0.2) is 18.2 Å². The van der Waals surface area contributed by atoms with Gasteiger partial charge in [-0.3, -0.25) is 9.59 Å². The molecule has 0 spiro atoms. The molecule has 7 nitrogen and oxygen atoms in total. The van der Waals surface area contributed by atoms with Crippen molar-refractivity contribution in [3.05, 3.63) is 51.3 Å². The Bertz CT molecular complexity index is 918. The van der Waals surface area contributed by atoms with Crippen molar-refractivity contribution in [1.82, 2.24) is 9.88 Å². The van der Waals surface area contributed by atoms with E-state index < -0.39 is 11.9 Å². The maximum Gasteiger partial charge on any atom is 0.339 e. The molecule has 2 N–H and O–H groups in total. The Hall–Kier alpha value is -2.80. The average molecular weight is 406 g/mol. The average Bonchev–Trinajstić information content (AvgIpc) is 2.97. The molecule has 0 bridgehead atoms. The number of aromatic amines is 1. The molecule has 0 aliphatic carbocycles. The summed E-state index contributed by atoms with van der Waals surface area (Å²) in [5.74, 6) is -1.11. The van der Waals surface area contributed by atoms with Gasteiger partial charge in [-0.25, -0.2) is 4.79 Å². The number of H-pyrrole nitrogens is 1. The van der Waals surface area contributed by atoms with Crippen LogP contribution < -0.4 is 5.32 Å². The maximum atomic E-state index is 12.8. The van der Waals surface area contributed by atoms with Crippen LogP contribution in [0.2, 0.25) is 5.02 Å². The van der Waals surface area contributed by atoms with E-state index >= 15 is 0 Å². The van der Waals surface area contributed by atoms with Crippen LogP contribution in [-0.4, -0.2) is 48.9 Å². The highest BCUT2D eigenvalue weighted by Crippen LogP contribution is 2.25. The van der Waals surface area contributed by atoms with Gasteiger partial charge >= 0.3 is 5.97 Å². The van der Waals surface area contributed by atoms with Crippen LogP contribution in [0.3, 0.4) is 0 Å². The van der Waals surface area contributed by atoms with Gasteiger partial charge in [0.05, 0.1) is 23.3 Å². The zero-order valence-corrected chi connectivity index (χ0v) is 17.4. The third kappa shape index (κ3) is 4.36. The number of halogens is 1. The molecule has 0 fully saturated rings. The Labute approximate surface area is 169 Å². The molecule has 0 aliphatic rings. The molecule has 0 saturated heterocycles. The number of carbonyl (C=O) groups excluding carboxylic acids is 3. The first-order valence-electron chi connectivity index (χ1n) is 8.83. The topological polar surface area (TPSA) is 91.5 Å². The number of hydrogen-bond acceptors (Lipinski definition) is 4. The number of amides is 2. The zero-order chi connectivity index (χ0) is 21.0. The normalized spacial score (nSPS) is 10.5. The predicted molar refractivity (Wildman–Crippen MR) is 108 cm³/mol. The van der Waals surface area contributed by atoms with Gasteiger partial charge in [0, 0.05) is 25.5 Å². The summed E-state index contributed by atoms with van der Waals surface area (Å²) in [5, 5.41) is 3.00. The van der Waals surface area contributed by atoms with Crippen molar-refractivity contribution >= 4 is 35.1 Å². The highest BCUT2D eigenvalue weighted by Gasteiger charge is 2.25. The van der Waals surface area contributed by atoms with Crippen molar-refractivity contribution in [2.45, 2.75) is 26.7 Å². The lowest BCUT2D eigenvalue weighted by molar-refractivity contribution is 0.0598. The fourth-order valence-corrected chi connectivity index (χ4v) is 3.21. The van der Waals surface area contributed by atoms with Crippen molar-refractivity contribution in [2.75, 3.05) is 26.5 Å². The van der Waals surface area contributed by atoms with E-state index in [1.807, 2.05) is 6.92 Å². The molecule has 8 heteroatoms. The quantitative estimate of drug-likeness (QED) is 0.717. The van der Waals surface area contributed by atoms with E-state index in [9.17, 15) is 14.4 Å². The minimum Gasteiger partial charge on any atom is -0.465 e. The van der Waals surface area contributed by atoms with Gasteiger partial charge in [0.1, 0.15) is 5.69 Å². The van der Waals surface area contributed by atoms with Crippen LogP contribution in [0.25, 0.3) is 0 Å². The number of benzene rings is 1. The summed E-state index contributed by atoms with van der Waals surface area (Å²) in [6.07, 6.45) is 1.31. The Balaban J connectivity index is 2.34. The van der Waals surface area contributed by atoms with Crippen LogP contribution in [0.4, 0.5) is 5.69 Å². The molecule has 1 aromatic carbocycles. The molecular weight excluding hydrogens is 382 g/mol. The number of nitrogens with zero attached hydrogens (tertiary/aromatic N) is 1. The van der Waals surface area contributed by atoms with Gasteiger partial charge in [-0.05, 0) is 37.1 Å². The number of anilines is 1. The lowest BCUT2D eigenvalue weighted by Crippen LogP contribution is -2.22. The van der Waals surface area contributed by atoms with E-state index in [2.05, 4.69) is 10.3 Å². The molecule has 150 valence electrons. The summed E-state index contributed by atoms with van der Waals surface area (Å²) in [4.78, 5) is 41.4. The standard InChI is InChI=1S/C20H24ClN3O4/c1-6-7-14-16(20(27)28-5)11(2)22-17(14)18(25)23-12-8-9-13(15(21)10-12)19(26)24(3)4/h8-10,22H,6-7H2,1-5H3,(H,23,25). The molecule has 0 unspecified atom stereocenters. The van der Waals surface area contributed by atoms with Crippen LogP contribution in [0.1, 0.15) is 55.8 Å². The first kappa shape index (κ1) is 21.5. The van der Waals surface area contributed by atoms with Crippen molar-refractivity contribution in [1.29, 1.82) is 0 Å².